The summed E-state index contributed by atoms with van der Waals surface area (Å²) in [5.41, 5.74) is 1.04. The van der Waals surface area contributed by atoms with Crippen LogP contribution in [0.1, 0.15) is 25.3 Å². The molecule has 0 aliphatic heterocycles. The van der Waals surface area contributed by atoms with Gasteiger partial charge in [0.2, 0.25) is 0 Å². The highest BCUT2D eigenvalue weighted by Gasteiger charge is 2.41. The van der Waals surface area contributed by atoms with Gasteiger partial charge in [0.1, 0.15) is 5.82 Å². The number of benzene rings is 1. The van der Waals surface area contributed by atoms with Crippen LogP contribution >= 0.6 is 11.6 Å². The van der Waals surface area contributed by atoms with E-state index in [1.165, 1.54) is 18.9 Å². The summed E-state index contributed by atoms with van der Waals surface area (Å²) in [6.07, 6.45) is 3.33. The van der Waals surface area contributed by atoms with Crippen LogP contribution in [0.4, 0.5) is 4.39 Å². The van der Waals surface area contributed by atoms with E-state index < -0.39 is 0 Å². The first-order chi connectivity index (χ1) is 9.57. The van der Waals surface area contributed by atoms with Gasteiger partial charge in [0, 0.05) is 20.2 Å². The third-order valence-corrected chi connectivity index (χ3v) is 4.62. The number of halogens is 2. The first-order valence-electron chi connectivity index (χ1n) is 7.19. The summed E-state index contributed by atoms with van der Waals surface area (Å²) in [5, 5.41) is 3.72. The molecule has 1 saturated carbocycles. The lowest BCUT2D eigenvalue weighted by Gasteiger charge is -2.31. The Morgan fingerprint density at radius 1 is 1.45 bits per heavy atom. The molecule has 0 amide bonds. The fourth-order valence-electron chi connectivity index (χ4n) is 2.80. The molecule has 0 spiro atoms. The Labute approximate surface area is 125 Å². The number of hydrogen-bond donors (Lipinski definition) is 1. The summed E-state index contributed by atoms with van der Waals surface area (Å²) in [5.74, 6) is 0.381. The second kappa shape index (κ2) is 6.88. The molecule has 0 saturated heterocycles. The van der Waals surface area contributed by atoms with E-state index >= 15 is 0 Å². The van der Waals surface area contributed by atoms with Gasteiger partial charge in [0.25, 0.3) is 0 Å². The molecule has 1 fully saturated rings. The second-order valence-electron chi connectivity index (χ2n) is 5.99. The van der Waals surface area contributed by atoms with Crippen molar-refractivity contribution in [3.05, 3.63) is 34.6 Å². The predicted molar refractivity (Wildman–Crippen MR) is 80.7 cm³/mol. The summed E-state index contributed by atoms with van der Waals surface area (Å²) in [7, 11) is 1.70. The monoisotopic (exact) mass is 299 g/mol. The average molecular weight is 300 g/mol. The molecule has 20 heavy (non-hydrogen) atoms. The maximum absolute atomic E-state index is 13.6. The molecule has 0 aromatic heterocycles. The van der Waals surface area contributed by atoms with Crippen LogP contribution in [-0.4, -0.2) is 26.8 Å². The summed E-state index contributed by atoms with van der Waals surface area (Å²) < 4.78 is 18.6. The largest absolute Gasteiger partial charge is 0.383 e. The lowest BCUT2D eigenvalue weighted by molar-refractivity contribution is 0.187. The van der Waals surface area contributed by atoms with Crippen molar-refractivity contribution in [2.45, 2.75) is 26.2 Å². The molecule has 1 atom stereocenters. The Hall–Kier alpha value is -0.640. The van der Waals surface area contributed by atoms with Gasteiger partial charge in [-0.05, 0) is 42.2 Å². The predicted octanol–water partition coefficient (Wildman–Crippen LogP) is 3.67. The number of ether oxygens (including phenoxy) is 1. The van der Waals surface area contributed by atoms with Gasteiger partial charge in [-0.3, -0.25) is 0 Å². The second-order valence-corrected chi connectivity index (χ2v) is 6.37. The zero-order valence-corrected chi connectivity index (χ0v) is 13.0. The van der Waals surface area contributed by atoms with Gasteiger partial charge in [0.15, 0.2) is 0 Å². The van der Waals surface area contributed by atoms with Crippen molar-refractivity contribution >= 4 is 11.6 Å². The Kier molecular flexibility index (Phi) is 5.42. The molecule has 4 heteroatoms. The molecular weight excluding hydrogens is 277 g/mol. The normalized spacial score (nSPS) is 18.0. The molecule has 2 rings (SSSR count). The third-order valence-electron chi connectivity index (χ3n) is 4.20. The minimum Gasteiger partial charge on any atom is -0.383 e. The molecule has 1 aliphatic carbocycles. The van der Waals surface area contributed by atoms with Crippen molar-refractivity contribution in [2.24, 2.45) is 11.3 Å². The smallest absolute Gasteiger partial charge is 0.142 e. The van der Waals surface area contributed by atoms with Crippen LogP contribution in [0.3, 0.4) is 0 Å². The molecule has 0 radical (unpaired) electrons. The summed E-state index contributed by atoms with van der Waals surface area (Å²) in [4.78, 5) is 0. The van der Waals surface area contributed by atoms with E-state index in [4.69, 9.17) is 16.3 Å². The minimum atomic E-state index is -0.324. The van der Waals surface area contributed by atoms with Crippen LogP contribution < -0.4 is 5.32 Å². The average Bonchev–Trinajstić information content (AvgIpc) is 3.25. The molecule has 0 heterocycles. The van der Waals surface area contributed by atoms with E-state index in [1.807, 2.05) is 6.07 Å². The zero-order valence-electron chi connectivity index (χ0n) is 12.2. The van der Waals surface area contributed by atoms with Crippen LogP contribution in [0.2, 0.25) is 5.02 Å². The van der Waals surface area contributed by atoms with Gasteiger partial charge in [-0.2, -0.15) is 0 Å². The SMILES string of the molecule is COCCNCC(C)(Cc1cccc(F)c1Cl)C1CC1. The van der Waals surface area contributed by atoms with Crippen molar-refractivity contribution in [1.82, 2.24) is 5.32 Å². The summed E-state index contributed by atoms with van der Waals surface area (Å²) in [6, 6.07) is 5.08. The first kappa shape index (κ1) is 15.7. The molecule has 1 aliphatic rings. The fraction of sp³-hybridized carbons (Fsp3) is 0.625. The van der Waals surface area contributed by atoms with E-state index in [9.17, 15) is 4.39 Å². The molecule has 1 aromatic carbocycles. The topological polar surface area (TPSA) is 21.3 Å². The quantitative estimate of drug-likeness (QED) is 0.740. The third kappa shape index (κ3) is 3.94. The Morgan fingerprint density at radius 2 is 2.20 bits per heavy atom. The van der Waals surface area contributed by atoms with Gasteiger partial charge in [0.05, 0.1) is 11.6 Å². The molecule has 1 aromatic rings. The Morgan fingerprint density at radius 3 is 2.85 bits per heavy atom. The maximum atomic E-state index is 13.6. The van der Waals surface area contributed by atoms with Crippen LogP contribution in [-0.2, 0) is 11.2 Å². The van der Waals surface area contributed by atoms with Gasteiger partial charge < -0.3 is 10.1 Å². The van der Waals surface area contributed by atoms with E-state index in [-0.39, 0.29) is 16.3 Å². The Balaban J connectivity index is 2.03. The van der Waals surface area contributed by atoms with E-state index in [1.54, 1.807) is 13.2 Å². The maximum Gasteiger partial charge on any atom is 0.142 e. The van der Waals surface area contributed by atoms with Crippen molar-refractivity contribution in [2.75, 3.05) is 26.8 Å². The van der Waals surface area contributed by atoms with Crippen molar-refractivity contribution < 1.29 is 9.13 Å². The van der Waals surface area contributed by atoms with E-state index in [0.29, 0.717) is 12.5 Å². The van der Waals surface area contributed by atoms with Crippen LogP contribution in [0.5, 0.6) is 0 Å². The van der Waals surface area contributed by atoms with Crippen molar-refractivity contribution in [3.63, 3.8) is 0 Å². The number of methoxy groups -OCH3 is 1. The van der Waals surface area contributed by atoms with Gasteiger partial charge in [-0.25, -0.2) is 4.39 Å². The molecule has 112 valence electrons. The van der Waals surface area contributed by atoms with Gasteiger partial charge in [-0.1, -0.05) is 30.7 Å². The highest BCUT2D eigenvalue weighted by atomic mass is 35.5. The lowest BCUT2D eigenvalue weighted by atomic mass is 9.79. The van der Waals surface area contributed by atoms with Crippen LogP contribution in [0.15, 0.2) is 18.2 Å². The number of rotatable bonds is 8. The molecular formula is C16H23ClFNO. The van der Waals surface area contributed by atoms with Gasteiger partial charge in [-0.15, -0.1) is 0 Å². The van der Waals surface area contributed by atoms with Crippen LogP contribution in [0, 0.1) is 17.2 Å². The van der Waals surface area contributed by atoms with Gasteiger partial charge >= 0.3 is 0 Å². The summed E-state index contributed by atoms with van der Waals surface area (Å²) in [6.45, 7) is 4.73. The standard InChI is InChI=1S/C16H23ClFNO/c1-16(13-6-7-13,11-19-8-9-20-2)10-12-4-3-5-14(18)15(12)17/h3-5,13,19H,6-11H2,1-2H3. The first-order valence-corrected chi connectivity index (χ1v) is 7.57. The zero-order chi connectivity index (χ0) is 14.6. The van der Waals surface area contributed by atoms with E-state index in [0.717, 1.165) is 25.1 Å². The molecule has 2 nitrogen and oxygen atoms in total. The fourth-order valence-corrected chi connectivity index (χ4v) is 2.99. The minimum absolute atomic E-state index is 0.130. The van der Waals surface area contributed by atoms with E-state index in [2.05, 4.69) is 12.2 Å². The number of hydrogen-bond acceptors (Lipinski definition) is 2. The number of nitrogens with one attached hydrogen (secondary N) is 1. The van der Waals surface area contributed by atoms with Crippen molar-refractivity contribution in [1.29, 1.82) is 0 Å². The van der Waals surface area contributed by atoms with Crippen molar-refractivity contribution in [3.8, 4) is 0 Å². The highest BCUT2D eigenvalue weighted by Crippen LogP contribution is 2.47. The lowest BCUT2D eigenvalue weighted by Crippen LogP contribution is -2.37. The highest BCUT2D eigenvalue weighted by molar-refractivity contribution is 6.31. The van der Waals surface area contributed by atoms with Crippen LogP contribution in [0.25, 0.3) is 0 Å². The Bertz CT molecular complexity index is 450. The molecule has 0 bridgehead atoms. The molecule has 1 unspecified atom stereocenters. The summed E-state index contributed by atoms with van der Waals surface area (Å²) >= 11 is 6.09. The molecule has 1 N–H and O–H groups in total.